The first-order chi connectivity index (χ1) is 15.7. The minimum absolute atomic E-state index is 0.320. The van der Waals surface area contributed by atoms with E-state index < -0.39 is 5.97 Å². The Hall–Kier alpha value is -3.14. The summed E-state index contributed by atoms with van der Waals surface area (Å²) in [5, 5.41) is 6.47. The molecule has 0 spiro atoms. The number of esters is 1. The van der Waals surface area contributed by atoms with E-state index in [4.69, 9.17) is 9.47 Å². The normalized spacial score (nSPS) is 14.5. The molecular weight excluding hydrogens is 431 g/mol. The summed E-state index contributed by atoms with van der Waals surface area (Å²) in [4.78, 5) is 19.1. The Balaban J connectivity index is 1.34. The average molecular weight is 455 g/mol. The summed E-state index contributed by atoms with van der Waals surface area (Å²) in [7, 11) is 0. The van der Waals surface area contributed by atoms with E-state index in [-0.39, 0.29) is 5.82 Å². The molecule has 2 heterocycles. The minimum Gasteiger partial charge on any atom is -0.461 e. The third-order valence-corrected chi connectivity index (χ3v) is 5.69. The molecule has 166 valence electrons. The smallest absolute Gasteiger partial charge is 0.338 e. The molecule has 1 aliphatic rings. The van der Waals surface area contributed by atoms with Gasteiger partial charge in [0.1, 0.15) is 12.4 Å². The van der Waals surface area contributed by atoms with E-state index >= 15 is 0 Å². The molecule has 0 aliphatic carbocycles. The molecule has 1 saturated heterocycles. The summed E-state index contributed by atoms with van der Waals surface area (Å²) in [6.07, 6.45) is 1.54. The van der Waals surface area contributed by atoms with Gasteiger partial charge < -0.3 is 9.47 Å². The van der Waals surface area contributed by atoms with E-state index in [0.29, 0.717) is 53.9 Å². The topological polar surface area (TPSA) is 76.0 Å². The molecular formula is C23H23FN4O3S. The van der Waals surface area contributed by atoms with Gasteiger partial charge in [-0.05, 0) is 18.2 Å². The van der Waals surface area contributed by atoms with Crippen LogP contribution >= 0.6 is 11.3 Å². The van der Waals surface area contributed by atoms with Crippen molar-refractivity contribution in [1.82, 2.24) is 9.88 Å². The van der Waals surface area contributed by atoms with Gasteiger partial charge >= 0.3 is 5.97 Å². The first-order valence-electron chi connectivity index (χ1n) is 10.3. The molecule has 4 rings (SSSR count). The van der Waals surface area contributed by atoms with Crippen LogP contribution in [0.1, 0.15) is 15.9 Å². The maximum atomic E-state index is 13.9. The summed E-state index contributed by atoms with van der Waals surface area (Å²) in [5.74, 6) is -0.717. The lowest BCUT2D eigenvalue weighted by atomic mass is 10.1. The van der Waals surface area contributed by atoms with E-state index in [0.717, 1.165) is 13.1 Å². The van der Waals surface area contributed by atoms with Gasteiger partial charge in [0.05, 0.1) is 30.7 Å². The van der Waals surface area contributed by atoms with Crippen LogP contribution in [0.4, 0.5) is 9.52 Å². The molecule has 1 fully saturated rings. The second kappa shape index (κ2) is 10.9. The number of hydrazone groups is 1. The van der Waals surface area contributed by atoms with Crippen LogP contribution in [0.5, 0.6) is 0 Å². The van der Waals surface area contributed by atoms with Crippen LogP contribution in [-0.2, 0) is 9.47 Å². The van der Waals surface area contributed by atoms with Crippen molar-refractivity contribution >= 4 is 28.7 Å². The quantitative estimate of drug-likeness (QED) is 0.316. The summed E-state index contributed by atoms with van der Waals surface area (Å²) >= 11 is 1.32. The number of thiazole rings is 1. The third-order valence-electron chi connectivity index (χ3n) is 4.94. The van der Waals surface area contributed by atoms with Crippen molar-refractivity contribution in [2.24, 2.45) is 5.10 Å². The molecule has 1 aromatic heterocycles. The molecule has 3 aromatic rings. The number of hydrogen-bond donors (Lipinski definition) is 1. The second-order valence-electron chi connectivity index (χ2n) is 7.06. The highest BCUT2D eigenvalue weighted by atomic mass is 32.1. The van der Waals surface area contributed by atoms with Crippen molar-refractivity contribution < 1.29 is 18.7 Å². The number of nitrogens with zero attached hydrogens (tertiary/aromatic N) is 3. The van der Waals surface area contributed by atoms with Crippen molar-refractivity contribution in [3.8, 4) is 11.3 Å². The van der Waals surface area contributed by atoms with Crippen LogP contribution in [0.25, 0.3) is 11.3 Å². The van der Waals surface area contributed by atoms with Crippen molar-refractivity contribution in [2.75, 3.05) is 44.9 Å². The average Bonchev–Trinajstić information content (AvgIpc) is 3.29. The monoisotopic (exact) mass is 454 g/mol. The predicted molar refractivity (Wildman–Crippen MR) is 123 cm³/mol. The van der Waals surface area contributed by atoms with E-state index in [9.17, 15) is 9.18 Å². The van der Waals surface area contributed by atoms with E-state index in [1.54, 1.807) is 48.0 Å². The Bertz CT molecular complexity index is 1080. The first-order valence-corrected chi connectivity index (χ1v) is 11.1. The number of anilines is 1. The molecule has 9 heteroatoms. The number of morpholine rings is 1. The highest BCUT2D eigenvalue weighted by molar-refractivity contribution is 7.14. The first kappa shape index (κ1) is 22.1. The minimum atomic E-state index is -0.392. The number of carbonyl (C=O) groups excluding carboxylic acids is 1. The largest absolute Gasteiger partial charge is 0.461 e. The Morgan fingerprint density at radius 3 is 2.84 bits per heavy atom. The van der Waals surface area contributed by atoms with Gasteiger partial charge in [-0.1, -0.05) is 30.3 Å². The van der Waals surface area contributed by atoms with Crippen LogP contribution in [0, 0.1) is 5.82 Å². The molecule has 1 N–H and O–H groups in total. The lowest BCUT2D eigenvalue weighted by Crippen LogP contribution is -2.38. The fourth-order valence-corrected chi connectivity index (χ4v) is 3.90. The van der Waals surface area contributed by atoms with Gasteiger partial charge in [0.2, 0.25) is 5.13 Å². The zero-order chi connectivity index (χ0) is 22.2. The maximum Gasteiger partial charge on any atom is 0.338 e. The van der Waals surface area contributed by atoms with Crippen LogP contribution in [0.3, 0.4) is 0 Å². The maximum absolute atomic E-state index is 13.9. The van der Waals surface area contributed by atoms with Crippen LogP contribution < -0.4 is 5.43 Å². The molecule has 0 saturated carbocycles. The Morgan fingerprint density at radius 2 is 2.00 bits per heavy atom. The number of rotatable bonds is 8. The number of ether oxygens (including phenoxy) is 2. The zero-order valence-corrected chi connectivity index (χ0v) is 18.2. The van der Waals surface area contributed by atoms with Gasteiger partial charge in [-0.3, -0.25) is 10.3 Å². The van der Waals surface area contributed by atoms with Crippen molar-refractivity contribution in [3.63, 3.8) is 0 Å². The highest BCUT2D eigenvalue weighted by Gasteiger charge is 2.14. The summed E-state index contributed by atoms with van der Waals surface area (Å²) in [6, 6.07) is 13.6. The number of hydrogen-bond acceptors (Lipinski definition) is 8. The Morgan fingerprint density at radius 1 is 1.22 bits per heavy atom. The highest BCUT2D eigenvalue weighted by Crippen LogP contribution is 2.26. The molecule has 0 bridgehead atoms. The summed E-state index contributed by atoms with van der Waals surface area (Å²) < 4.78 is 24.7. The van der Waals surface area contributed by atoms with Crippen LogP contribution in [0.15, 0.2) is 59.0 Å². The van der Waals surface area contributed by atoms with E-state index in [1.165, 1.54) is 17.4 Å². The molecule has 0 amide bonds. The Labute approximate surface area is 189 Å². The third kappa shape index (κ3) is 5.76. The van der Waals surface area contributed by atoms with E-state index in [2.05, 4.69) is 20.4 Å². The molecule has 32 heavy (non-hydrogen) atoms. The molecule has 1 aliphatic heterocycles. The van der Waals surface area contributed by atoms with E-state index in [1.807, 2.05) is 6.07 Å². The number of aromatic nitrogens is 1. The zero-order valence-electron chi connectivity index (χ0n) is 17.4. The number of carbonyl (C=O) groups is 1. The Kier molecular flexibility index (Phi) is 7.55. The second-order valence-corrected chi connectivity index (χ2v) is 7.92. The van der Waals surface area contributed by atoms with Gasteiger partial charge in [0.15, 0.2) is 0 Å². The van der Waals surface area contributed by atoms with Crippen molar-refractivity contribution in [1.29, 1.82) is 0 Å². The van der Waals surface area contributed by atoms with Crippen molar-refractivity contribution in [2.45, 2.75) is 0 Å². The fraction of sp³-hybridized carbons (Fsp3) is 0.261. The number of benzene rings is 2. The molecule has 0 unspecified atom stereocenters. The van der Waals surface area contributed by atoms with Crippen molar-refractivity contribution in [3.05, 3.63) is 70.9 Å². The SMILES string of the molecule is O=C(OCCN1CCOCC1)c1ccccc1/C=N/Nc1nc(-c2ccccc2F)cs1. The van der Waals surface area contributed by atoms with Gasteiger partial charge in [-0.15, -0.1) is 11.3 Å². The molecule has 0 atom stereocenters. The van der Waals surface area contributed by atoms with Gasteiger partial charge in [-0.25, -0.2) is 14.2 Å². The lowest BCUT2D eigenvalue weighted by molar-refractivity contribution is 0.0195. The lowest BCUT2D eigenvalue weighted by Gasteiger charge is -2.26. The molecule has 7 nitrogen and oxygen atoms in total. The van der Waals surface area contributed by atoms with Gasteiger partial charge in [0, 0.05) is 36.1 Å². The van der Waals surface area contributed by atoms with Gasteiger partial charge in [-0.2, -0.15) is 5.10 Å². The number of halogens is 1. The van der Waals surface area contributed by atoms with Gasteiger partial charge in [0.25, 0.3) is 0 Å². The molecule has 0 radical (unpaired) electrons. The van der Waals surface area contributed by atoms with Crippen LogP contribution in [-0.4, -0.2) is 61.5 Å². The fourth-order valence-electron chi connectivity index (χ4n) is 3.24. The summed E-state index contributed by atoms with van der Waals surface area (Å²) in [6.45, 7) is 4.12. The summed E-state index contributed by atoms with van der Waals surface area (Å²) in [5.41, 5.74) is 4.88. The predicted octanol–water partition coefficient (Wildman–Crippen LogP) is 3.88. The number of nitrogens with one attached hydrogen (secondary N) is 1. The molecule has 2 aromatic carbocycles. The standard InChI is InChI=1S/C23H23FN4O3S/c24-20-8-4-3-7-19(20)21-16-32-23(26-21)27-25-15-17-5-1-2-6-18(17)22(29)31-14-11-28-9-12-30-13-10-28/h1-8,15-16H,9-14H2,(H,26,27)/b25-15+. The van der Waals surface area contributed by atoms with Crippen LogP contribution in [0.2, 0.25) is 0 Å².